The molecule has 0 saturated heterocycles. The van der Waals surface area contributed by atoms with E-state index < -0.39 is 18.2 Å². The maximum absolute atomic E-state index is 13.1. The summed E-state index contributed by atoms with van der Waals surface area (Å²) in [6.45, 7) is 6.31. The maximum Gasteiger partial charge on any atom is 0.306 e. The van der Waals surface area contributed by atoms with Crippen molar-refractivity contribution in [2.45, 2.75) is 251 Å². The largest absolute Gasteiger partial charge is 0.462 e. The first kappa shape index (κ1) is 55.6. The summed E-state index contributed by atoms with van der Waals surface area (Å²) in [6, 6.07) is -0.725. The smallest absolute Gasteiger partial charge is 0.306 e. The van der Waals surface area contributed by atoms with E-state index in [9.17, 15) is 19.8 Å². The van der Waals surface area contributed by atoms with Crippen molar-refractivity contribution in [3.05, 3.63) is 60.8 Å². The first-order valence-corrected chi connectivity index (χ1v) is 24.6. The fourth-order valence-corrected chi connectivity index (χ4v) is 7.21. The summed E-state index contributed by atoms with van der Waals surface area (Å²) in [5.41, 5.74) is 0. The molecule has 0 aliphatic carbocycles. The Hall–Kier alpha value is -2.44. The molecule has 58 heavy (non-hydrogen) atoms. The number of rotatable bonds is 43. The zero-order chi connectivity index (χ0) is 42.4. The molecule has 3 unspecified atom stereocenters. The molecule has 6 heteroatoms. The quantitative estimate of drug-likeness (QED) is 0.0247. The van der Waals surface area contributed by atoms with Gasteiger partial charge >= 0.3 is 5.97 Å². The van der Waals surface area contributed by atoms with Gasteiger partial charge < -0.3 is 20.3 Å². The summed E-state index contributed by atoms with van der Waals surface area (Å²) in [5.74, 6) is -0.561. The molecule has 0 heterocycles. The van der Waals surface area contributed by atoms with Crippen molar-refractivity contribution in [2.75, 3.05) is 6.61 Å². The summed E-state index contributed by atoms with van der Waals surface area (Å²) in [4.78, 5) is 26.0. The van der Waals surface area contributed by atoms with Crippen molar-refractivity contribution >= 4 is 11.9 Å². The summed E-state index contributed by atoms with van der Waals surface area (Å²) in [5, 5.41) is 23.7. The van der Waals surface area contributed by atoms with Gasteiger partial charge in [0.2, 0.25) is 5.91 Å². The van der Waals surface area contributed by atoms with E-state index in [4.69, 9.17) is 4.74 Å². The van der Waals surface area contributed by atoms with Gasteiger partial charge in [-0.3, -0.25) is 9.59 Å². The van der Waals surface area contributed by atoms with Gasteiger partial charge in [-0.05, 0) is 64.2 Å². The Morgan fingerprint density at radius 1 is 0.517 bits per heavy atom. The van der Waals surface area contributed by atoms with Crippen LogP contribution in [0.1, 0.15) is 233 Å². The molecule has 0 aromatic heterocycles. The third kappa shape index (κ3) is 40.3. The van der Waals surface area contributed by atoms with Gasteiger partial charge in [0.25, 0.3) is 0 Å². The number of allylic oxidation sites excluding steroid dienone is 10. The minimum absolute atomic E-state index is 0.0248. The fourth-order valence-electron chi connectivity index (χ4n) is 7.21. The lowest BCUT2D eigenvalue weighted by Crippen LogP contribution is -2.46. The molecule has 336 valence electrons. The van der Waals surface area contributed by atoms with Crippen molar-refractivity contribution in [1.82, 2.24) is 5.32 Å². The van der Waals surface area contributed by atoms with Crippen LogP contribution in [0.5, 0.6) is 0 Å². The standard InChI is InChI=1S/C52H93NO5/c1-4-7-10-13-16-19-22-24-26-29-32-35-38-41-44-50(55)49(47-54)53-51(56)46-48(43-40-37-34-31-28-21-18-15-12-9-6-3)58-52(57)45-42-39-36-33-30-27-25-23-20-17-14-11-8-5-2/h9,12,15,18,21,27-28,30-31,34,48-50,54-55H,4-8,10-11,13-14,16-17,19-20,22-26,29,32-33,35-47H2,1-3H3,(H,53,56)/b12-9+,18-15+,28-21-,30-27-,34-31-. The van der Waals surface area contributed by atoms with Gasteiger partial charge in [0.15, 0.2) is 0 Å². The molecule has 6 nitrogen and oxygen atoms in total. The Morgan fingerprint density at radius 2 is 0.966 bits per heavy atom. The van der Waals surface area contributed by atoms with Gasteiger partial charge in [-0.2, -0.15) is 0 Å². The number of ether oxygens (including phenoxy) is 1. The summed E-state index contributed by atoms with van der Waals surface area (Å²) < 4.78 is 5.87. The SMILES string of the molecule is CC/C=C/C=C/C=C\C=C/CCCC(CC(=O)NC(CO)C(O)CCCCCCCCCCCCCCCC)OC(=O)CCCCC/C=C\CCCCCCCCC. The topological polar surface area (TPSA) is 95.9 Å². The predicted octanol–water partition coefficient (Wildman–Crippen LogP) is 14.5. The van der Waals surface area contributed by atoms with Crippen LogP contribution in [0.3, 0.4) is 0 Å². The van der Waals surface area contributed by atoms with Crippen LogP contribution in [0.2, 0.25) is 0 Å². The highest BCUT2D eigenvalue weighted by molar-refractivity contribution is 5.77. The van der Waals surface area contributed by atoms with Crippen LogP contribution in [-0.4, -0.2) is 46.9 Å². The molecule has 0 spiro atoms. The van der Waals surface area contributed by atoms with E-state index in [2.05, 4.69) is 50.4 Å². The van der Waals surface area contributed by atoms with Gasteiger partial charge in [-0.25, -0.2) is 0 Å². The fraction of sp³-hybridized carbons (Fsp3) is 0.769. The molecule has 1 amide bonds. The summed E-state index contributed by atoms with van der Waals surface area (Å²) in [7, 11) is 0. The molecule has 0 bridgehead atoms. The van der Waals surface area contributed by atoms with Crippen LogP contribution in [-0.2, 0) is 14.3 Å². The second-order valence-electron chi connectivity index (χ2n) is 16.6. The Kier molecular flexibility index (Phi) is 43.7. The van der Waals surface area contributed by atoms with Crippen LogP contribution >= 0.6 is 0 Å². The molecular weight excluding hydrogens is 719 g/mol. The van der Waals surface area contributed by atoms with Crippen molar-refractivity contribution in [1.29, 1.82) is 0 Å². The highest BCUT2D eigenvalue weighted by atomic mass is 16.5. The third-order valence-electron chi connectivity index (χ3n) is 10.9. The molecule has 0 radical (unpaired) electrons. The average molecular weight is 812 g/mol. The first-order valence-electron chi connectivity index (χ1n) is 24.6. The summed E-state index contributed by atoms with van der Waals surface area (Å²) in [6.07, 6.45) is 55.7. The third-order valence-corrected chi connectivity index (χ3v) is 10.9. The van der Waals surface area contributed by atoms with E-state index in [1.165, 1.54) is 116 Å². The Morgan fingerprint density at radius 3 is 1.48 bits per heavy atom. The van der Waals surface area contributed by atoms with Gasteiger partial charge in [-0.1, -0.05) is 216 Å². The van der Waals surface area contributed by atoms with E-state index in [0.717, 1.165) is 70.6 Å². The van der Waals surface area contributed by atoms with Crippen LogP contribution in [0.4, 0.5) is 0 Å². The van der Waals surface area contributed by atoms with Gasteiger partial charge in [0.05, 0.1) is 25.2 Å². The number of aliphatic hydroxyl groups is 2. The predicted molar refractivity (Wildman–Crippen MR) is 250 cm³/mol. The van der Waals surface area contributed by atoms with Crippen molar-refractivity contribution < 1.29 is 24.5 Å². The van der Waals surface area contributed by atoms with E-state index in [1.54, 1.807) is 0 Å². The van der Waals surface area contributed by atoms with Gasteiger partial charge in [0, 0.05) is 6.42 Å². The number of hydrogen-bond donors (Lipinski definition) is 3. The van der Waals surface area contributed by atoms with E-state index in [0.29, 0.717) is 19.3 Å². The number of amides is 1. The second-order valence-corrected chi connectivity index (χ2v) is 16.6. The van der Waals surface area contributed by atoms with Crippen molar-refractivity contribution in [3.8, 4) is 0 Å². The van der Waals surface area contributed by atoms with Gasteiger partial charge in [0.1, 0.15) is 6.10 Å². The Labute approximate surface area is 358 Å². The molecule has 0 aliphatic rings. The number of unbranched alkanes of at least 4 members (excludes halogenated alkanes) is 24. The van der Waals surface area contributed by atoms with Crippen LogP contribution < -0.4 is 5.32 Å². The number of carbonyl (C=O) groups is 2. The highest BCUT2D eigenvalue weighted by Crippen LogP contribution is 2.17. The van der Waals surface area contributed by atoms with E-state index >= 15 is 0 Å². The van der Waals surface area contributed by atoms with Crippen LogP contribution in [0.25, 0.3) is 0 Å². The normalized spacial score (nSPS) is 13.8. The lowest BCUT2D eigenvalue weighted by molar-refractivity contribution is -0.151. The number of carbonyl (C=O) groups excluding carboxylic acids is 2. The Bertz CT molecular complexity index is 1050. The molecule has 0 aliphatic heterocycles. The van der Waals surface area contributed by atoms with E-state index in [-0.39, 0.29) is 24.9 Å². The zero-order valence-electron chi connectivity index (χ0n) is 38.2. The van der Waals surface area contributed by atoms with Crippen LogP contribution in [0.15, 0.2) is 60.8 Å². The Balaban J connectivity index is 4.63. The molecule has 0 aromatic carbocycles. The minimum Gasteiger partial charge on any atom is -0.462 e. The number of esters is 1. The molecule has 3 atom stereocenters. The van der Waals surface area contributed by atoms with E-state index in [1.807, 2.05) is 36.5 Å². The molecule has 0 aromatic rings. The molecule has 3 N–H and O–H groups in total. The number of nitrogens with one attached hydrogen (secondary N) is 1. The monoisotopic (exact) mass is 812 g/mol. The van der Waals surface area contributed by atoms with Gasteiger partial charge in [-0.15, -0.1) is 0 Å². The first-order chi connectivity index (χ1) is 28.5. The molecule has 0 fully saturated rings. The maximum atomic E-state index is 13.1. The number of aliphatic hydroxyl groups excluding tert-OH is 2. The van der Waals surface area contributed by atoms with Crippen molar-refractivity contribution in [3.63, 3.8) is 0 Å². The second kappa shape index (κ2) is 45.6. The lowest BCUT2D eigenvalue weighted by Gasteiger charge is -2.24. The number of hydrogen-bond acceptors (Lipinski definition) is 5. The summed E-state index contributed by atoms with van der Waals surface area (Å²) >= 11 is 0. The average Bonchev–Trinajstić information content (AvgIpc) is 3.22. The molecular formula is C52H93NO5. The zero-order valence-corrected chi connectivity index (χ0v) is 38.2. The minimum atomic E-state index is -0.807. The molecule has 0 rings (SSSR count). The lowest BCUT2D eigenvalue weighted by atomic mass is 10.0. The molecule has 0 saturated carbocycles. The highest BCUT2D eigenvalue weighted by Gasteiger charge is 2.24. The van der Waals surface area contributed by atoms with Crippen LogP contribution in [0, 0.1) is 0 Å². The van der Waals surface area contributed by atoms with Crippen molar-refractivity contribution in [2.24, 2.45) is 0 Å².